The number of aliphatic carboxylic acids is 1. The van der Waals surface area contributed by atoms with Crippen LogP contribution < -0.4 is 9.47 Å². The fraction of sp³-hybridized carbons (Fsp3) is 0.379. The number of nitrogens with zero attached hydrogens (tertiary/aromatic N) is 2. The van der Waals surface area contributed by atoms with Crippen molar-refractivity contribution in [3.05, 3.63) is 75.9 Å². The Bertz CT molecular complexity index is 1330. The Morgan fingerprint density at radius 1 is 1.22 bits per heavy atom. The molecule has 0 bridgehead atoms. The zero-order valence-electron chi connectivity index (χ0n) is 22.0. The van der Waals surface area contributed by atoms with Crippen LogP contribution in [-0.2, 0) is 17.8 Å². The van der Waals surface area contributed by atoms with Crippen LogP contribution in [0.5, 0.6) is 17.2 Å². The largest absolute Gasteiger partial charge is 0.507 e. The molecule has 2 heterocycles. The minimum Gasteiger partial charge on any atom is -0.507 e. The Morgan fingerprint density at radius 3 is 2.65 bits per heavy atom. The lowest BCUT2D eigenvalue weighted by Crippen LogP contribution is -2.38. The van der Waals surface area contributed by atoms with Gasteiger partial charge in [0.25, 0.3) is 0 Å². The molecule has 4 rings (SSSR count). The van der Waals surface area contributed by atoms with E-state index in [1.165, 1.54) is 0 Å². The maximum absolute atomic E-state index is 11.1. The number of carbonyl (C=O) groups is 1. The van der Waals surface area contributed by atoms with E-state index in [2.05, 4.69) is 11.9 Å². The lowest BCUT2D eigenvalue weighted by Gasteiger charge is -2.38. The number of imidazole rings is 1. The molecule has 1 unspecified atom stereocenters. The SMILES string of the molecule is Cc1c(C)c2c(c(C)c1O)CCC(C)(CCOc1cc(Cn3ccnc3C)ccc1C=CC(=O)O)O2.Cl. The molecule has 8 heteroatoms. The number of carboxylic acid groups (broad SMARTS) is 1. The average Bonchev–Trinajstić information content (AvgIpc) is 3.24. The Balaban J connectivity index is 0.00000380. The number of fused-ring (bicyclic) bond motifs is 1. The van der Waals surface area contributed by atoms with Crippen molar-refractivity contribution in [1.82, 2.24) is 9.55 Å². The van der Waals surface area contributed by atoms with Crippen molar-refractivity contribution in [3.63, 3.8) is 0 Å². The van der Waals surface area contributed by atoms with E-state index in [4.69, 9.17) is 14.6 Å². The van der Waals surface area contributed by atoms with Crippen LogP contribution in [0.25, 0.3) is 6.08 Å². The first-order valence-electron chi connectivity index (χ1n) is 12.2. The fourth-order valence-corrected chi connectivity index (χ4v) is 4.72. The van der Waals surface area contributed by atoms with Crippen LogP contribution in [0.15, 0.2) is 36.7 Å². The second-order valence-corrected chi connectivity index (χ2v) is 9.83. The van der Waals surface area contributed by atoms with Gasteiger partial charge in [-0.3, -0.25) is 0 Å². The highest BCUT2D eigenvalue weighted by Crippen LogP contribution is 2.44. The number of rotatable bonds is 8. The van der Waals surface area contributed by atoms with E-state index in [1.54, 1.807) is 12.3 Å². The molecule has 37 heavy (non-hydrogen) atoms. The maximum Gasteiger partial charge on any atom is 0.328 e. The van der Waals surface area contributed by atoms with Crippen LogP contribution in [0.1, 0.15) is 59.0 Å². The van der Waals surface area contributed by atoms with E-state index < -0.39 is 11.6 Å². The predicted molar refractivity (Wildman–Crippen MR) is 146 cm³/mol. The van der Waals surface area contributed by atoms with Gasteiger partial charge in [-0.15, -0.1) is 12.4 Å². The molecule has 2 N–H and O–H groups in total. The highest BCUT2D eigenvalue weighted by molar-refractivity contribution is 5.86. The van der Waals surface area contributed by atoms with E-state index in [9.17, 15) is 9.90 Å². The molecular formula is C29H35ClN2O5. The average molecular weight is 527 g/mol. The molecule has 7 nitrogen and oxygen atoms in total. The number of carboxylic acids is 1. The molecule has 0 spiro atoms. The lowest BCUT2D eigenvalue weighted by atomic mass is 9.86. The third-order valence-electron chi connectivity index (χ3n) is 7.24. The van der Waals surface area contributed by atoms with Crippen LogP contribution in [0.4, 0.5) is 0 Å². The van der Waals surface area contributed by atoms with Crippen molar-refractivity contribution in [2.45, 2.75) is 66.0 Å². The summed E-state index contributed by atoms with van der Waals surface area (Å²) in [5.74, 6) is 1.78. The second-order valence-electron chi connectivity index (χ2n) is 9.83. The Kier molecular flexibility index (Phi) is 8.59. The quantitative estimate of drug-likeness (QED) is 0.353. The summed E-state index contributed by atoms with van der Waals surface area (Å²) >= 11 is 0. The van der Waals surface area contributed by atoms with Crippen LogP contribution in [-0.4, -0.2) is 37.9 Å². The minimum absolute atomic E-state index is 0. The summed E-state index contributed by atoms with van der Waals surface area (Å²) in [4.78, 5) is 15.4. The van der Waals surface area contributed by atoms with Gasteiger partial charge in [-0.1, -0.05) is 12.1 Å². The summed E-state index contributed by atoms with van der Waals surface area (Å²) < 4.78 is 14.8. The third-order valence-corrected chi connectivity index (χ3v) is 7.24. The topological polar surface area (TPSA) is 93.8 Å². The lowest BCUT2D eigenvalue weighted by molar-refractivity contribution is -0.131. The Hall–Kier alpha value is -3.45. The molecule has 0 saturated carbocycles. The summed E-state index contributed by atoms with van der Waals surface area (Å²) in [5, 5.41) is 19.5. The summed E-state index contributed by atoms with van der Waals surface area (Å²) in [6.45, 7) is 11.0. The van der Waals surface area contributed by atoms with Gasteiger partial charge in [0.1, 0.15) is 28.7 Å². The summed E-state index contributed by atoms with van der Waals surface area (Å²) in [6, 6.07) is 5.81. The first-order chi connectivity index (χ1) is 17.1. The van der Waals surface area contributed by atoms with Gasteiger partial charge in [-0.05, 0) is 81.9 Å². The first-order valence-corrected chi connectivity index (χ1v) is 12.2. The number of ether oxygens (including phenoxy) is 2. The number of aryl methyl sites for hydroxylation is 1. The smallest absolute Gasteiger partial charge is 0.328 e. The monoisotopic (exact) mass is 526 g/mol. The van der Waals surface area contributed by atoms with Crippen molar-refractivity contribution in [2.75, 3.05) is 6.61 Å². The number of benzene rings is 2. The van der Waals surface area contributed by atoms with Crippen molar-refractivity contribution < 1.29 is 24.5 Å². The van der Waals surface area contributed by atoms with Crippen molar-refractivity contribution >= 4 is 24.5 Å². The highest BCUT2D eigenvalue weighted by Gasteiger charge is 2.34. The molecule has 0 aliphatic carbocycles. The first kappa shape index (κ1) is 28.1. The van der Waals surface area contributed by atoms with E-state index in [1.807, 2.05) is 56.7 Å². The minimum atomic E-state index is -1.01. The predicted octanol–water partition coefficient (Wildman–Crippen LogP) is 5.94. The van der Waals surface area contributed by atoms with Crippen molar-refractivity contribution in [3.8, 4) is 17.2 Å². The van der Waals surface area contributed by atoms with Gasteiger partial charge in [0, 0.05) is 42.6 Å². The molecule has 198 valence electrons. The van der Waals surface area contributed by atoms with Crippen LogP contribution in [0.3, 0.4) is 0 Å². The van der Waals surface area contributed by atoms with Gasteiger partial charge < -0.3 is 24.3 Å². The molecule has 1 atom stereocenters. The number of hydrogen-bond donors (Lipinski definition) is 2. The molecule has 0 radical (unpaired) electrons. The molecule has 1 aromatic heterocycles. The molecule has 1 aliphatic heterocycles. The normalized spacial score (nSPS) is 16.7. The molecule has 1 aliphatic rings. The summed E-state index contributed by atoms with van der Waals surface area (Å²) in [5.41, 5.74) is 5.14. The van der Waals surface area contributed by atoms with Crippen LogP contribution >= 0.6 is 12.4 Å². The van der Waals surface area contributed by atoms with Crippen molar-refractivity contribution in [2.24, 2.45) is 0 Å². The zero-order valence-corrected chi connectivity index (χ0v) is 22.8. The van der Waals surface area contributed by atoms with Crippen LogP contribution in [0.2, 0.25) is 0 Å². The fourth-order valence-electron chi connectivity index (χ4n) is 4.72. The standard InChI is InChI=1S/C29H34N2O5.ClH/c1-18-19(2)28-24(20(3)27(18)34)10-11-29(5,36-28)12-15-35-25-16-22(17-31-14-13-30-21(31)4)6-7-23(25)8-9-26(32)33;/h6-9,13-14,16,34H,10-12,15,17H2,1-5H3,(H,32,33);1H. The zero-order chi connectivity index (χ0) is 26.0. The number of aromatic nitrogens is 2. The highest BCUT2D eigenvalue weighted by atomic mass is 35.5. The van der Waals surface area contributed by atoms with Crippen LogP contribution in [0, 0.1) is 27.7 Å². The number of halogens is 1. The van der Waals surface area contributed by atoms with E-state index >= 15 is 0 Å². The number of phenols is 1. The van der Waals surface area contributed by atoms with Gasteiger partial charge in [-0.2, -0.15) is 0 Å². The van der Waals surface area contributed by atoms with E-state index in [0.29, 0.717) is 36.6 Å². The molecule has 3 aromatic rings. The second kappa shape index (κ2) is 11.3. The van der Waals surface area contributed by atoms with Gasteiger partial charge in [-0.25, -0.2) is 9.78 Å². The molecule has 0 fully saturated rings. The summed E-state index contributed by atoms with van der Waals surface area (Å²) in [7, 11) is 0. The number of hydrogen-bond acceptors (Lipinski definition) is 5. The third kappa shape index (κ3) is 6.10. The molecule has 2 aromatic carbocycles. The Labute approximate surface area is 224 Å². The van der Waals surface area contributed by atoms with E-state index in [0.717, 1.165) is 58.3 Å². The van der Waals surface area contributed by atoms with E-state index in [-0.39, 0.29) is 12.4 Å². The van der Waals surface area contributed by atoms with Gasteiger partial charge >= 0.3 is 5.97 Å². The van der Waals surface area contributed by atoms with Crippen molar-refractivity contribution in [1.29, 1.82) is 0 Å². The molecular weight excluding hydrogens is 492 g/mol. The van der Waals surface area contributed by atoms with Gasteiger partial charge in [0.2, 0.25) is 0 Å². The summed E-state index contributed by atoms with van der Waals surface area (Å²) in [6.07, 6.45) is 8.69. The number of aromatic hydroxyl groups is 1. The van der Waals surface area contributed by atoms with Gasteiger partial charge in [0.05, 0.1) is 6.61 Å². The number of phenolic OH excluding ortho intramolecular Hbond substituents is 1. The van der Waals surface area contributed by atoms with Gasteiger partial charge in [0.15, 0.2) is 0 Å². The maximum atomic E-state index is 11.1. The molecule has 0 saturated heterocycles. The molecule has 0 amide bonds. The Morgan fingerprint density at radius 2 is 1.97 bits per heavy atom.